The van der Waals surface area contributed by atoms with E-state index < -0.39 is 181 Å². The van der Waals surface area contributed by atoms with E-state index in [4.69, 9.17) is 44.7 Å². The molecule has 0 radical (unpaired) electrons. The van der Waals surface area contributed by atoms with Crippen LogP contribution < -0.4 is 10.4 Å². The second-order valence-corrected chi connectivity index (χ2v) is 17.9. The van der Waals surface area contributed by atoms with E-state index in [-0.39, 0.29) is 67.3 Å². The first kappa shape index (κ1) is 69.3. The third kappa shape index (κ3) is 10.9. The van der Waals surface area contributed by atoms with Crippen molar-refractivity contribution in [2.24, 2.45) is 0 Å². The van der Waals surface area contributed by atoms with Crippen LogP contribution in [0.1, 0.15) is 67.5 Å². The third-order valence-electron chi connectivity index (χ3n) is 13.1. The Morgan fingerprint density at radius 3 is 0.816 bits per heavy atom. The Balaban J connectivity index is 0.000000229. The average Bonchev–Trinajstić information content (AvgIpc) is 1.49. The zero-order valence-electron chi connectivity index (χ0n) is 46.5. The zero-order chi connectivity index (χ0) is 73.0. The standard InChI is InChI=1S/C31H3F11N6.C18N12.C12F4N4/c1-8-9(4-43)20(33)23(36)15(19(8)32)10(5-44)13-14(11(6-45)16-24(37)28(41)31(48-3)29(42)25(16)38)17(13)30(47-2)18-26(39)21(34)12(7-46)22(35)27(18)40;19-1-7-8(2-20)26-14-13(25-7)15-17(29-10(4-22)9(3-21)27-15)18-16(14)28-11(5-23)12(6-24)30-18;13-9-7(5(1-17)2-18)10(14)12(16)8(11(9)15)6(3-19)4-20/h1H3;;. The van der Waals surface area contributed by atoms with Gasteiger partial charge in [0.15, 0.2) is 116 Å². The first-order valence-electron chi connectivity index (χ1n) is 24.5. The summed E-state index contributed by atoms with van der Waals surface area (Å²) in [6.45, 7) is 14.9. The van der Waals surface area contributed by atoms with Gasteiger partial charge in [-0.15, -0.1) is 0 Å². The van der Waals surface area contributed by atoms with Crippen molar-refractivity contribution in [1.29, 1.82) is 73.7 Å². The largest absolute Gasteiger partial charge is 0.262 e. The van der Waals surface area contributed by atoms with Gasteiger partial charge in [-0.25, -0.2) is 105 Å². The number of aromatic nitrogens is 6. The molecule has 1 aliphatic rings. The molecule has 9 rings (SSSR count). The van der Waals surface area contributed by atoms with E-state index in [0.717, 1.165) is 55.5 Å². The lowest BCUT2D eigenvalue weighted by Gasteiger charge is -2.09. The molecular weight excluding hydrogens is 1330 g/mol. The number of allylic oxidation sites excluding steroid dienone is 5. The molecule has 0 aliphatic heterocycles. The number of hydrogen-bond donors (Lipinski definition) is 0. The van der Waals surface area contributed by atoms with E-state index in [0.29, 0.717) is 0 Å². The van der Waals surface area contributed by atoms with Crippen LogP contribution >= 0.6 is 0 Å². The highest BCUT2D eigenvalue weighted by molar-refractivity contribution is 6.18. The molecule has 1 aliphatic carbocycles. The molecule has 3 aromatic heterocycles. The molecule has 1 saturated carbocycles. The van der Waals surface area contributed by atoms with Crippen LogP contribution in [0.2, 0.25) is 0 Å². The summed E-state index contributed by atoms with van der Waals surface area (Å²) >= 11 is 0. The Morgan fingerprint density at radius 1 is 0.306 bits per heavy atom. The Morgan fingerprint density at radius 2 is 0.571 bits per heavy atom. The second kappa shape index (κ2) is 27.1. The van der Waals surface area contributed by atoms with E-state index in [1.165, 1.54) is 0 Å². The molecule has 0 atom stereocenters. The van der Waals surface area contributed by atoms with Crippen molar-refractivity contribution in [2.75, 3.05) is 0 Å². The van der Waals surface area contributed by atoms with Crippen molar-refractivity contribution in [3.05, 3.63) is 205 Å². The molecular formula is C61H3F15N22. The number of rotatable bonds is 3. The van der Waals surface area contributed by atoms with Crippen LogP contribution in [0.25, 0.3) is 70.8 Å². The molecule has 0 saturated heterocycles. The molecule has 0 unspecified atom stereocenters. The molecule has 1 fully saturated rings. The fraction of sp³-hybridized carbons (Fsp3) is 0.0164. The molecule has 3 heterocycles. The highest BCUT2D eigenvalue weighted by Gasteiger charge is 2.46. The van der Waals surface area contributed by atoms with Gasteiger partial charge >= 0.3 is 0 Å². The normalized spacial score (nSPS) is 12.1. The summed E-state index contributed by atoms with van der Waals surface area (Å²) in [6.07, 6.45) is 0. The lowest BCUT2D eigenvalue weighted by molar-refractivity contribution is 0.434. The molecule has 8 aromatic rings. The second-order valence-electron chi connectivity index (χ2n) is 17.9. The van der Waals surface area contributed by atoms with E-state index >= 15 is 26.3 Å². The molecule has 0 N–H and O–H groups in total. The van der Waals surface area contributed by atoms with E-state index in [1.54, 1.807) is 36.4 Å². The molecule has 22 nitrogen and oxygen atoms in total. The summed E-state index contributed by atoms with van der Waals surface area (Å²) in [5, 5.41) is 124. The zero-order valence-corrected chi connectivity index (χ0v) is 46.5. The Hall–Kier alpha value is -16.1. The van der Waals surface area contributed by atoms with Crippen molar-refractivity contribution in [3.8, 4) is 85.0 Å². The maximum atomic E-state index is 15.4. The summed E-state index contributed by atoms with van der Waals surface area (Å²) < 4.78 is 219. The first-order chi connectivity index (χ1) is 46.6. The number of fused-ring (bicyclic) bond motifs is 6. The molecule has 462 valence electrons. The molecule has 0 spiro atoms. The average molecular weight is 1330 g/mol. The maximum absolute atomic E-state index is 15.4. The minimum atomic E-state index is -2.46. The molecule has 37 heteroatoms. The van der Waals surface area contributed by atoms with Crippen LogP contribution in [-0.2, 0) is 0 Å². The van der Waals surface area contributed by atoms with Crippen LogP contribution in [0.3, 0.4) is 0 Å². The predicted molar refractivity (Wildman–Crippen MR) is 287 cm³/mol. The van der Waals surface area contributed by atoms with Crippen LogP contribution in [-0.4, -0.2) is 29.9 Å². The van der Waals surface area contributed by atoms with Crippen LogP contribution in [0.15, 0.2) is 16.7 Å². The monoisotopic (exact) mass is 1330 g/mol. The lowest BCUT2D eigenvalue weighted by atomic mass is 9.96. The van der Waals surface area contributed by atoms with Gasteiger partial charge in [-0.05, 0) is 23.6 Å². The molecule has 5 aromatic carbocycles. The summed E-state index contributed by atoms with van der Waals surface area (Å²) in [5.41, 5.74) is -24.5. The Labute approximate surface area is 531 Å². The van der Waals surface area contributed by atoms with Crippen molar-refractivity contribution in [2.45, 2.75) is 6.92 Å². The van der Waals surface area contributed by atoms with E-state index in [9.17, 15) is 81.6 Å². The SMILES string of the molecule is N#CC(C#N)=c1c(F)c(F)c(=C(C#N)C#N)c(F)c1F.N#Cc1nc2c3nc(C#N)c(C#N)nc3c3nc(C#N)c(C#N)nc3c2nc1C#N.[C-]#[N+]C(=C1C(=C(C#N)c2c(F)c(C)c(C#N)c(F)c2F)C1=C(C#N)c1c(F)c(F)c([N+]#[C-])c(F)c1F)c1c(F)c(F)c(C#N)c(F)c1F. The van der Waals surface area contributed by atoms with Crippen molar-refractivity contribution in [3.63, 3.8) is 0 Å². The number of hydrogen-bond acceptors (Lipinski definition) is 20. The smallest absolute Gasteiger partial charge is 0.237 e. The van der Waals surface area contributed by atoms with Gasteiger partial charge in [-0.1, -0.05) is 0 Å². The Kier molecular flexibility index (Phi) is 19.2. The highest BCUT2D eigenvalue weighted by Crippen LogP contribution is 2.58. The van der Waals surface area contributed by atoms with Crippen LogP contribution in [0.5, 0.6) is 0 Å². The predicted octanol–water partition coefficient (Wildman–Crippen LogP) is 9.80. The topological polar surface area (TPSA) is 419 Å². The van der Waals surface area contributed by atoms with Gasteiger partial charge in [0.1, 0.15) is 141 Å². The van der Waals surface area contributed by atoms with Gasteiger partial charge in [0.05, 0.1) is 57.0 Å². The van der Waals surface area contributed by atoms with Crippen LogP contribution in [0.4, 0.5) is 71.5 Å². The minimum Gasteiger partial charge on any atom is -0.237 e. The van der Waals surface area contributed by atoms with Gasteiger partial charge in [0.25, 0.3) is 5.69 Å². The van der Waals surface area contributed by atoms with Gasteiger partial charge in [0, 0.05) is 5.56 Å². The number of benzene rings is 5. The van der Waals surface area contributed by atoms with Crippen molar-refractivity contribution < 1.29 is 65.9 Å². The summed E-state index contributed by atoms with van der Waals surface area (Å²) in [4.78, 5) is 29.6. The number of nitriles is 14. The third-order valence-corrected chi connectivity index (χ3v) is 13.1. The fourth-order valence-electron chi connectivity index (χ4n) is 8.75. The van der Waals surface area contributed by atoms with Gasteiger partial charge in [-0.2, -0.15) is 73.7 Å². The summed E-state index contributed by atoms with van der Waals surface area (Å²) in [6, 6.07) is 19.0. The lowest BCUT2D eigenvalue weighted by Crippen LogP contribution is -2.31. The van der Waals surface area contributed by atoms with Gasteiger partial charge in [-0.3, -0.25) is 0 Å². The minimum absolute atomic E-state index is 0.0237. The fourth-order valence-corrected chi connectivity index (χ4v) is 8.75. The molecule has 0 amide bonds. The van der Waals surface area contributed by atoms with Gasteiger partial charge < -0.3 is 0 Å². The first-order valence-corrected chi connectivity index (χ1v) is 24.5. The van der Waals surface area contributed by atoms with E-state index in [1.807, 2.05) is 0 Å². The van der Waals surface area contributed by atoms with Crippen molar-refractivity contribution in [1.82, 2.24) is 29.9 Å². The summed E-state index contributed by atoms with van der Waals surface area (Å²) in [7, 11) is 0. The maximum Gasteiger partial charge on any atom is 0.262 e. The summed E-state index contributed by atoms with van der Waals surface area (Å²) in [5.74, 6) is -33.7. The van der Waals surface area contributed by atoms with Crippen LogP contribution in [0, 0.1) is 266 Å². The van der Waals surface area contributed by atoms with Gasteiger partial charge in [0.2, 0.25) is 5.70 Å². The quantitative estimate of drug-likeness (QED) is 0.0521. The Bertz CT molecular complexity index is 5310. The highest BCUT2D eigenvalue weighted by atomic mass is 19.2. The van der Waals surface area contributed by atoms with Crippen molar-refractivity contribution >= 4 is 66.8 Å². The number of halogens is 15. The number of nitrogens with zero attached hydrogens (tertiary/aromatic N) is 22. The molecule has 0 bridgehead atoms. The molecule has 98 heavy (non-hydrogen) atoms. The van der Waals surface area contributed by atoms with E-state index in [2.05, 4.69) is 39.6 Å².